The Bertz CT molecular complexity index is 1060. The molecule has 0 aliphatic carbocycles. The highest BCUT2D eigenvalue weighted by atomic mass is 16.6. The molecule has 3 N–H and O–H groups in total. The molecule has 0 bridgehead atoms. The van der Waals surface area contributed by atoms with Gasteiger partial charge in [0.2, 0.25) is 11.2 Å². The van der Waals surface area contributed by atoms with Crippen LogP contribution in [0.25, 0.3) is 0 Å². The van der Waals surface area contributed by atoms with Crippen molar-refractivity contribution in [3.8, 4) is 0 Å². The maximum absolute atomic E-state index is 12.1. The number of ether oxygens (including phenoxy) is 1. The van der Waals surface area contributed by atoms with E-state index in [1.54, 1.807) is 61.5 Å². The lowest BCUT2D eigenvalue weighted by Crippen LogP contribution is -2.47. The van der Waals surface area contributed by atoms with Gasteiger partial charge in [-0.25, -0.2) is 9.59 Å². The number of hydrogen-bond donors (Lipinski definition) is 3. The topological polar surface area (TPSA) is 145 Å². The first-order chi connectivity index (χ1) is 16.1. The van der Waals surface area contributed by atoms with Gasteiger partial charge in [-0.15, -0.1) is 0 Å². The van der Waals surface area contributed by atoms with E-state index in [9.17, 15) is 29.4 Å². The van der Waals surface area contributed by atoms with Crippen LogP contribution in [0.1, 0.15) is 19.8 Å². The fourth-order valence-corrected chi connectivity index (χ4v) is 3.76. The number of esters is 1. The molecule has 2 amide bonds. The Labute approximate surface area is 196 Å². The van der Waals surface area contributed by atoms with Crippen molar-refractivity contribution >= 4 is 35.1 Å². The first-order valence-electron chi connectivity index (χ1n) is 10.7. The number of benzene rings is 2. The number of aliphatic hydroxyl groups is 2. The number of aliphatic carboxylic acids is 1. The lowest BCUT2D eigenvalue weighted by Gasteiger charge is -2.20. The molecule has 0 saturated carbocycles. The third kappa shape index (κ3) is 4.63. The van der Waals surface area contributed by atoms with Gasteiger partial charge in [0.05, 0.1) is 6.61 Å². The Hall–Kier alpha value is -3.76. The summed E-state index contributed by atoms with van der Waals surface area (Å²) in [5.74, 6) is -3.75. The average molecular weight is 470 g/mol. The van der Waals surface area contributed by atoms with E-state index in [1.165, 1.54) is 9.80 Å². The summed E-state index contributed by atoms with van der Waals surface area (Å²) in [6.07, 6.45) is -0.0321. The van der Waals surface area contributed by atoms with Crippen molar-refractivity contribution in [1.82, 2.24) is 0 Å². The van der Waals surface area contributed by atoms with Crippen LogP contribution in [-0.2, 0) is 23.9 Å². The number of nitrogens with zero attached hydrogens (tertiary/aromatic N) is 2. The van der Waals surface area contributed by atoms with E-state index in [0.717, 1.165) is 0 Å². The van der Waals surface area contributed by atoms with Gasteiger partial charge in [-0.1, -0.05) is 36.4 Å². The van der Waals surface area contributed by atoms with E-state index in [1.807, 2.05) is 6.07 Å². The summed E-state index contributed by atoms with van der Waals surface area (Å²) in [4.78, 5) is 49.0. The quantitative estimate of drug-likeness (QED) is 0.433. The van der Waals surface area contributed by atoms with Crippen LogP contribution in [0.3, 0.4) is 0 Å². The highest BCUT2D eigenvalue weighted by Crippen LogP contribution is 2.29. The Balaban J connectivity index is 0.000000192. The van der Waals surface area contributed by atoms with E-state index in [0.29, 0.717) is 17.9 Å². The lowest BCUT2D eigenvalue weighted by atomic mass is 10.0. The molecule has 4 rings (SSSR count). The molecule has 180 valence electrons. The van der Waals surface area contributed by atoms with Gasteiger partial charge < -0.3 is 29.9 Å². The predicted molar refractivity (Wildman–Crippen MR) is 121 cm³/mol. The van der Waals surface area contributed by atoms with Crippen molar-refractivity contribution < 1.29 is 39.2 Å². The van der Waals surface area contributed by atoms with Gasteiger partial charge in [-0.3, -0.25) is 9.59 Å². The second kappa shape index (κ2) is 10.0. The first-order valence-corrected chi connectivity index (χ1v) is 10.7. The van der Waals surface area contributed by atoms with E-state index >= 15 is 0 Å². The molecule has 2 aromatic rings. The number of carboxylic acids is 1. The van der Waals surface area contributed by atoms with Crippen LogP contribution in [0.2, 0.25) is 0 Å². The van der Waals surface area contributed by atoms with Crippen LogP contribution < -0.4 is 9.80 Å². The third-order valence-corrected chi connectivity index (χ3v) is 5.69. The minimum absolute atomic E-state index is 0.0551. The number of amides is 2. The normalized spacial score (nSPS) is 24.0. The first kappa shape index (κ1) is 24.9. The van der Waals surface area contributed by atoms with E-state index in [-0.39, 0.29) is 26.0 Å². The molecular weight excluding hydrogens is 444 g/mol. The average Bonchev–Trinajstić information content (AvgIpc) is 3.33. The van der Waals surface area contributed by atoms with Gasteiger partial charge in [0.1, 0.15) is 0 Å². The monoisotopic (exact) mass is 470 g/mol. The van der Waals surface area contributed by atoms with Crippen molar-refractivity contribution in [1.29, 1.82) is 0 Å². The molecule has 0 spiro atoms. The highest BCUT2D eigenvalue weighted by Gasteiger charge is 2.53. The van der Waals surface area contributed by atoms with Crippen LogP contribution in [0.4, 0.5) is 11.4 Å². The summed E-state index contributed by atoms with van der Waals surface area (Å²) in [6.45, 7) is 2.29. The van der Waals surface area contributed by atoms with E-state index in [2.05, 4.69) is 0 Å². The number of carbonyl (C=O) groups is 4. The molecule has 2 saturated heterocycles. The van der Waals surface area contributed by atoms with Gasteiger partial charge in [0.15, 0.2) is 0 Å². The van der Waals surface area contributed by atoms with Crippen LogP contribution in [0.5, 0.6) is 0 Å². The Morgan fingerprint density at radius 3 is 1.62 bits per heavy atom. The molecule has 2 heterocycles. The number of carboxylic acid groups (broad SMARTS) is 1. The fourth-order valence-electron chi connectivity index (χ4n) is 3.76. The lowest BCUT2D eigenvalue weighted by molar-refractivity contribution is -0.168. The van der Waals surface area contributed by atoms with Crippen molar-refractivity contribution in [2.45, 2.75) is 31.0 Å². The van der Waals surface area contributed by atoms with Gasteiger partial charge >= 0.3 is 11.9 Å². The summed E-state index contributed by atoms with van der Waals surface area (Å²) >= 11 is 0. The zero-order chi connectivity index (χ0) is 24.9. The standard InChI is InChI=1S/C13H15NO4.C11H11NO4/c1-2-18-12(16)13(17)8-9-14(11(13)15)10-6-4-3-5-7-10;13-9-11(16,10(14)15)6-7-12(9)8-4-2-1-3-5-8/h3-7,17H,2,8-9H2,1H3;1-5,16H,6-7H2,(H,14,15)/t13-;11-/m00/s1. The van der Waals surface area contributed by atoms with Gasteiger partial charge in [0.25, 0.3) is 11.8 Å². The van der Waals surface area contributed by atoms with Gasteiger partial charge in [-0.2, -0.15) is 0 Å². The van der Waals surface area contributed by atoms with Crippen LogP contribution in [-0.4, -0.2) is 70.0 Å². The molecule has 2 atom stereocenters. The Morgan fingerprint density at radius 2 is 1.24 bits per heavy atom. The van der Waals surface area contributed by atoms with Crippen LogP contribution >= 0.6 is 0 Å². The summed E-state index contributed by atoms with van der Waals surface area (Å²) in [5.41, 5.74) is -3.03. The van der Waals surface area contributed by atoms with E-state index in [4.69, 9.17) is 9.84 Å². The summed E-state index contributed by atoms with van der Waals surface area (Å²) in [6, 6.07) is 17.6. The molecular formula is C24H26N2O8. The maximum atomic E-state index is 12.1. The van der Waals surface area contributed by atoms with Gasteiger partial charge in [-0.05, 0) is 31.2 Å². The number of carbonyl (C=O) groups excluding carboxylic acids is 3. The number of hydrogen-bond acceptors (Lipinski definition) is 7. The number of anilines is 2. The maximum Gasteiger partial charge on any atom is 0.348 e. The highest BCUT2D eigenvalue weighted by molar-refractivity contribution is 6.15. The zero-order valence-electron chi connectivity index (χ0n) is 18.6. The Kier molecular flexibility index (Phi) is 7.33. The molecule has 2 aliphatic rings. The fraction of sp³-hybridized carbons (Fsp3) is 0.333. The predicted octanol–water partition coefficient (Wildman–Crippen LogP) is 0.956. The molecule has 2 fully saturated rings. The van der Waals surface area contributed by atoms with Crippen LogP contribution in [0, 0.1) is 0 Å². The van der Waals surface area contributed by atoms with Crippen molar-refractivity contribution in [3.05, 3.63) is 60.7 Å². The smallest absolute Gasteiger partial charge is 0.348 e. The Morgan fingerprint density at radius 1 is 0.824 bits per heavy atom. The minimum Gasteiger partial charge on any atom is -0.479 e. The van der Waals surface area contributed by atoms with Crippen LogP contribution in [0.15, 0.2) is 60.7 Å². The van der Waals surface area contributed by atoms with Crippen molar-refractivity contribution in [2.75, 3.05) is 29.5 Å². The largest absolute Gasteiger partial charge is 0.479 e. The molecule has 34 heavy (non-hydrogen) atoms. The number of rotatable bonds is 5. The second-order valence-electron chi connectivity index (χ2n) is 7.83. The second-order valence-corrected chi connectivity index (χ2v) is 7.83. The number of para-hydroxylation sites is 2. The molecule has 10 nitrogen and oxygen atoms in total. The third-order valence-electron chi connectivity index (χ3n) is 5.69. The molecule has 0 aromatic heterocycles. The molecule has 2 aliphatic heterocycles. The molecule has 0 unspecified atom stereocenters. The molecule has 2 aromatic carbocycles. The van der Waals surface area contributed by atoms with Crippen molar-refractivity contribution in [2.24, 2.45) is 0 Å². The molecule has 0 radical (unpaired) electrons. The molecule has 10 heteroatoms. The van der Waals surface area contributed by atoms with Crippen molar-refractivity contribution in [3.63, 3.8) is 0 Å². The SMILES string of the molecule is CCOC(=O)[C@]1(O)CCN(c2ccccc2)C1=O.O=C(O)[C@]1(O)CCN(c2ccccc2)C1=O. The summed E-state index contributed by atoms with van der Waals surface area (Å²) < 4.78 is 4.75. The summed E-state index contributed by atoms with van der Waals surface area (Å²) in [5, 5.41) is 28.6. The van der Waals surface area contributed by atoms with Gasteiger partial charge in [0, 0.05) is 37.3 Å². The zero-order valence-corrected chi connectivity index (χ0v) is 18.6. The minimum atomic E-state index is -2.27. The van der Waals surface area contributed by atoms with E-state index < -0.39 is 35.0 Å². The summed E-state index contributed by atoms with van der Waals surface area (Å²) in [7, 11) is 0.